The first kappa shape index (κ1) is 29.8. The van der Waals surface area contributed by atoms with Crippen LogP contribution in [0.4, 0.5) is 15.8 Å². The maximum absolute atomic E-state index is 14.2. The highest BCUT2D eigenvalue weighted by molar-refractivity contribution is 6.06. The summed E-state index contributed by atoms with van der Waals surface area (Å²) >= 11 is 0. The third kappa shape index (κ3) is 6.93. The van der Waals surface area contributed by atoms with Gasteiger partial charge in [0.05, 0.1) is 17.0 Å². The molecular formula is C33H39FN4O3. The van der Waals surface area contributed by atoms with E-state index < -0.39 is 11.7 Å². The van der Waals surface area contributed by atoms with E-state index in [0.29, 0.717) is 50.5 Å². The smallest absolute Gasteiger partial charge is 0.258 e. The fourth-order valence-corrected chi connectivity index (χ4v) is 5.42. The minimum absolute atomic E-state index is 0.0636. The number of carbonyl (C=O) groups excluding carboxylic acids is 3. The van der Waals surface area contributed by atoms with Crippen molar-refractivity contribution in [2.24, 2.45) is 0 Å². The van der Waals surface area contributed by atoms with E-state index in [2.05, 4.69) is 10.2 Å². The second-order valence-electron chi connectivity index (χ2n) is 10.2. The zero-order chi connectivity index (χ0) is 29.4. The van der Waals surface area contributed by atoms with Gasteiger partial charge >= 0.3 is 0 Å². The Kier molecular flexibility index (Phi) is 10.1. The van der Waals surface area contributed by atoms with E-state index in [1.165, 1.54) is 18.2 Å². The largest absolute Gasteiger partial charge is 0.369 e. The van der Waals surface area contributed by atoms with Gasteiger partial charge in [0.25, 0.3) is 11.8 Å². The predicted octanol–water partition coefficient (Wildman–Crippen LogP) is 5.79. The van der Waals surface area contributed by atoms with Crippen molar-refractivity contribution in [3.63, 3.8) is 0 Å². The zero-order valence-corrected chi connectivity index (χ0v) is 24.1. The summed E-state index contributed by atoms with van der Waals surface area (Å²) in [6.45, 7) is 9.44. The molecule has 1 saturated heterocycles. The molecule has 41 heavy (non-hydrogen) atoms. The standard InChI is InChI=1S/C33H39FN4O3/c1-4-26(24-13-8-7-9-14-24)32(40)38-20-12-19-37(21-22-38)30-18-17-25(23-28(30)33(41)36(5-2)6-3)35-31(39)27-15-10-11-16-29(27)34/h7-11,13-18,23,26H,4-6,12,19-22H2,1-3H3,(H,35,39). The van der Waals surface area contributed by atoms with Gasteiger partial charge in [-0.1, -0.05) is 49.4 Å². The van der Waals surface area contributed by atoms with Crippen LogP contribution in [0.2, 0.25) is 0 Å². The number of hydrogen-bond acceptors (Lipinski definition) is 4. The van der Waals surface area contributed by atoms with Crippen LogP contribution < -0.4 is 10.2 Å². The second kappa shape index (κ2) is 13.9. The van der Waals surface area contributed by atoms with Gasteiger partial charge in [0.15, 0.2) is 0 Å². The summed E-state index contributed by atoms with van der Waals surface area (Å²) in [5.74, 6) is -1.38. The van der Waals surface area contributed by atoms with Gasteiger partial charge in [-0.2, -0.15) is 0 Å². The molecule has 1 N–H and O–H groups in total. The van der Waals surface area contributed by atoms with Gasteiger partial charge in [-0.3, -0.25) is 14.4 Å². The first-order chi connectivity index (χ1) is 19.9. The minimum Gasteiger partial charge on any atom is -0.369 e. The van der Waals surface area contributed by atoms with Gasteiger partial charge in [0.1, 0.15) is 5.82 Å². The highest BCUT2D eigenvalue weighted by Gasteiger charge is 2.28. The maximum atomic E-state index is 14.2. The Labute approximate surface area is 241 Å². The third-order valence-corrected chi connectivity index (χ3v) is 7.71. The summed E-state index contributed by atoms with van der Waals surface area (Å²) in [6, 6.07) is 20.9. The molecule has 3 amide bonds. The van der Waals surface area contributed by atoms with Crippen molar-refractivity contribution >= 4 is 29.1 Å². The maximum Gasteiger partial charge on any atom is 0.258 e. The van der Waals surface area contributed by atoms with Crippen LogP contribution in [0, 0.1) is 5.82 Å². The topological polar surface area (TPSA) is 73.0 Å². The van der Waals surface area contributed by atoms with Crippen molar-refractivity contribution in [1.82, 2.24) is 9.80 Å². The third-order valence-electron chi connectivity index (χ3n) is 7.71. The van der Waals surface area contributed by atoms with Gasteiger partial charge in [0.2, 0.25) is 5.91 Å². The van der Waals surface area contributed by atoms with Crippen molar-refractivity contribution in [2.75, 3.05) is 49.5 Å². The monoisotopic (exact) mass is 558 g/mol. The van der Waals surface area contributed by atoms with Gasteiger partial charge in [-0.25, -0.2) is 4.39 Å². The molecule has 0 aromatic heterocycles. The number of nitrogens with one attached hydrogen (secondary N) is 1. The number of hydrogen-bond donors (Lipinski definition) is 1. The first-order valence-corrected chi connectivity index (χ1v) is 14.5. The van der Waals surface area contributed by atoms with Crippen LogP contribution in [0.25, 0.3) is 0 Å². The number of halogens is 1. The number of rotatable bonds is 9. The molecule has 7 nitrogen and oxygen atoms in total. The van der Waals surface area contributed by atoms with E-state index >= 15 is 0 Å². The second-order valence-corrected chi connectivity index (χ2v) is 10.2. The molecule has 0 aliphatic carbocycles. The molecule has 1 unspecified atom stereocenters. The van der Waals surface area contributed by atoms with Crippen molar-refractivity contribution < 1.29 is 18.8 Å². The predicted molar refractivity (Wildman–Crippen MR) is 161 cm³/mol. The van der Waals surface area contributed by atoms with E-state index in [1.807, 2.05) is 62.1 Å². The lowest BCUT2D eigenvalue weighted by molar-refractivity contribution is -0.132. The number of anilines is 2. The lowest BCUT2D eigenvalue weighted by Gasteiger charge is -2.29. The molecule has 1 aliphatic heterocycles. The van der Waals surface area contributed by atoms with Crippen LogP contribution >= 0.6 is 0 Å². The molecule has 216 valence electrons. The van der Waals surface area contributed by atoms with Crippen LogP contribution in [0.3, 0.4) is 0 Å². The Morgan fingerprint density at radius 1 is 0.854 bits per heavy atom. The summed E-state index contributed by atoms with van der Waals surface area (Å²) in [4.78, 5) is 45.8. The van der Waals surface area contributed by atoms with Crippen molar-refractivity contribution in [3.05, 3.63) is 95.3 Å². The SMILES string of the molecule is CCC(C(=O)N1CCCN(c2ccc(NC(=O)c3ccccc3F)cc2C(=O)N(CC)CC)CC1)c1ccccc1. The summed E-state index contributed by atoms with van der Waals surface area (Å²) in [7, 11) is 0. The molecule has 1 heterocycles. The lowest BCUT2D eigenvalue weighted by atomic mass is 9.95. The summed E-state index contributed by atoms with van der Waals surface area (Å²) in [5.41, 5.74) is 2.61. The van der Waals surface area contributed by atoms with Gasteiger partial charge in [0, 0.05) is 50.6 Å². The fraction of sp³-hybridized carbons (Fsp3) is 0.364. The van der Waals surface area contributed by atoms with Crippen LogP contribution in [-0.4, -0.2) is 66.8 Å². The molecule has 3 aromatic rings. The molecule has 1 fully saturated rings. The van der Waals surface area contributed by atoms with E-state index in [9.17, 15) is 18.8 Å². The quantitative estimate of drug-likeness (QED) is 0.361. The molecule has 0 bridgehead atoms. The highest BCUT2D eigenvalue weighted by atomic mass is 19.1. The van der Waals surface area contributed by atoms with Gasteiger partial charge in [-0.05, 0) is 62.6 Å². The zero-order valence-electron chi connectivity index (χ0n) is 24.1. The van der Waals surface area contributed by atoms with E-state index in [-0.39, 0.29) is 23.3 Å². The Balaban J connectivity index is 1.57. The van der Waals surface area contributed by atoms with E-state index in [4.69, 9.17) is 0 Å². The number of nitrogens with zero attached hydrogens (tertiary/aromatic N) is 3. The van der Waals surface area contributed by atoms with Crippen LogP contribution in [0.5, 0.6) is 0 Å². The first-order valence-electron chi connectivity index (χ1n) is 14.5. The van der Waals surface area contributed by atoms with E-state index in [0.717, 1.165) is 24.1 Å². The number of benzene rings is 3. The van der Waals surface area contributed by atoms with Crippen LogP contribution in [0.1, 0.15) is 65.8 Å². The van der Waals surface area contributed by atoms with Crippen molar-refractivity contribution in [2.45, 2.75) is 39.5 Å². The number of amides is 3. The molecule has 8 heteroatoms. The average molecular weight is 559 g/mol. The molecular weight excluding hydrogens is 519 g/mol. The summed E-state index contributed by atoms with van der Waals surface area (Å²) in [6.07, 6.45) is 1.49. The molecule has 0 saturated carbocycles. The Bertz CT molecular complexity index is 1360. The Hall–Kier alpha value is -4.20. The Morgan fingerprint density at radius 2 is 1.56 bits per heavy atom. The van der Waals surface area contributed by atoms with Gasteiger partial charge < -0.3 is 20.0 Å². The summed E-state index contributed by atoms with van der Waals surface area (Å²) in [5, 5.41) is 2.75. The minimum atomic E-state index is -0.609. The van der Waals surface area contributed by atoms with Crippen molar-refractivity contribution in [1.29, 1.82) is 0 Å². The van der Waals surface area contributed by atoms with Crippen molar-refractivity contribution in [3.8, 4) is 0 Å². The molecule has 4 rings (SSSR count). The molecule has 0 radical (unpaired) electrons. The number of carbonyl (C=O) groups is 3. The van der Waals surface area contributed by atoms with Crippen LogP contribution in [0.15, 0.2) is 72.8 Å². The molecule has 1 aliphatic rings. The van der Waals surface area contributed by atoms with Crippen LogP contribution in [-0.2, 0) is 4.79 Å². The normalized spacial score (nSPS) is 14.2. The molecule has 1 atom stereocenters. The fourth-order valence-electron chi connectivity index (χ4n) is 5.42. The molecule has 3 aromatic carbocycles. The van der Waals surface area contributed by atoms with Gasteiger partial charge in [-0.15, -0.1) is 0 Å². The summed E-state index contributed by atoms with van der Waals surface area (Å²) < 4.78 is 14.2. The van der Waals surface area contributed by atoms with E-state index in [1.54, 1.807) is 23.1 Å². The molecule has 0 spiro atoms. The highest BCUT2D eigenvalue weighted by Crippen LogP contribution is 2.29. The lowest BCUT2D eigenvalue weighted by Crippen LogP contribution is -2.38. The Morgan fingerprint density at radius 3 is 2.24 bits per heavy atom. The average Bonchev–Trinajstić information content (AvgIpc) is 3.25.